The minimum absolute atomic E-state index is 0.0366. The van der Waals surface area contributed by atoms with Crippen molar-refractivity contribution in [3.63, 3.8) is 0 Å². The number of amides is 1. The second kappa shape index (κ2) is 5.66. The summed E-state index contributed by atoms with van der Waals surface area (Å²) in [4.78, 5) is 13.6. The lowest BCUT2D eigenvalue weighted by Gasteiger charge is -2.29. The van der Waals surface area contributed by atoms with E-state index in [1.807, 2.05) is 0 Å². The first-order chi connectivity index (χ1) is 10.0. The Morgan fingerprint density at radius 3 is 2.86 bits per heavy atom. The molecule has 0 spiro atoms. The molecule has 0 saturated carbocycles. The molecule has 0 aromatic heterocycles. The highest BCUT2D eigenvalue weighted by molar-refractivity contribution is 9.10. The van der Waals surface area contributed by atoms with Gasteiger partial charge in [-0.3, -0.25) is 4.79 Å². The van der Waals surface area contributed by atoms with Crippen molar-refractivity contribution >= 4 is 39.1 Å². The van der Waals surface area contributed by atoms with Crippen LogP contribution in [0.2, 0.25) is 5.02 Å². The highest BCUT2D eigenvalue weighted by Crippen LogP contribution is 2.35. The molecule has 3 nitrogen and oxygen atoms in total. The normalized spacial score (nSPS) is 13.9. The number of hydrogen-bond donors (Lipinski definition) is 0. The highest BCUT2D eigenvalue weighted by Gasteiger charge is 2.26. The second-order valence-electron chi connectivity index (χ2n) is 4.66. The fourth-order valence-electron chi connectivity index (χ4n) is 2.23. The van der Waals surface area contributed by atoms with Crippen molar-refractivity contribution in [3.05, 3.63) is 57.3 Å². The van der Waals surface area contributed by atoms with Crippen LogP contribution in [0.5, 0.6) is 5.75 Å². The first-order valence-electron chi connectivity index (χ1n) is 6.20. The van der Waals surface area contributed by atoms with Gasteiger partial charge in [-0.25, -0.2) is 4.39 Å². The van der Waals surface area contributed by atoms with Crippen LogP contribution >= 0.6 is 27.5 Å². The molecule has 0 unspecified atom stereocenters. The standard InChI is InChI=1S/C15H10BrClFNO2/c16-10-3-9(4-12(18)5-10)7-19-13-6-11(17)1-2-14(13)21-8-15(19)20/h1-6H,7-8H2. The lowest BCUT2D eigenvalue weighted by Crippen LogP contribution is -2.38. The number of rotatable bonds is 2. The summed E-state index contributed by atoms with van der Waals surface area (Å²) in [7, 11) is 0. The van der Waals surface area contributed by atoms with Crippen LogP contribution in [0.15, 0.2) is 40.9 Å². The molecular formula is C15H10BrClFNO2. The van der Waals surface area contributed by atoms with E-state index >= 15 is 0 Å². The van der Waals surface area contributed by atoms with Gasteiger partial charge in [-0.1, -0.05) is 27.5 Å². The van der Waals surface area contributed by atoms with Gasteiger partial charge in [-0.15, -0.1) is 0 Å². The van der Waals surface area contributed by atoms with Gasteiger partial charge in [-0.2, -0.15) is 0 Å². The molecule has 1 amide bonds. The SMILES string of the molecule is O=C1COc2ccc(Cl)cc2N1Cc1cc(F)cc(Br)c1. The summed E-state index contributed by atoms with van der Waals surface area (Å²) in [6.07, 6.45) is 0. The summed E-state index contributed by atoms with van der Waals surface area (Å²) < 4.78 is 19.5. The molecule has 1 aliphatic rings. The fourth-order valence-corrected chi connectivity index (χ4v) is 2.91. The third kappa shape index (κ3) is 3.04. The number of halogens is 3. The average molecular weight is 371 g/mol. The third-order valence-electron chi connectivity index (χ3n) is 3.13. The number of carbonyl (C=O) groups excluding carboxylic acids is 1. The first-order valence-corrected chi connectivity index (χ1v) is 7.38. The second-order valence-corrected chi connectivity index (χ2v) is 6.01. The van der Waals surface area contributed by atoms with Crippen LogP contribution in [0.4, 0.5) is 10.1 Å². The highest BCUT2D eigenvalue weighted by atomic mass is 79.9. The molecule has 0 bridgehead atoms. The predicted molar refractivity (Wildman–Crippen MR) is 82.2 cm³/mol. The van der Waals surface area contributed by atoms with Crippen LogP contribution in [0.3, 0.4) is 0 Å². The molecule has 2 aromatic carbocycles. The van der Waals surface area contributed by atoms with Crippen molar-refractivity contribution in [2.24, 2.45) is 0 Å². The average Bonchev–Trinajstić information content (AvgIpc) is 2.41. The summed E-state index contributed by atoms with van der Waals surface area (Å²) in [6.45, 7) is 0.219. The van der Waals surface area contributed by atoms with Gasteiger partial charge < -0.3 is 9.64 Å². The molecule has 6 heteroatoms. The van der Waals surface area contributed by atoms with Crippen LogP contribution in [-0.4, -0.2) is 12.5 Å². The number of fused-ring (bicyclic) bond motifs is 1. The lowest BCUT2D eigenvalue weighted by molar-refractivity contribution is -0.121. The largest absolute Gasteiger partial charge is 0.482 e. The zero-order chi connectivity index (χ0) is 15.0. The Morgan fingerprint density at radius 2 is 2.10 bits per heavy atom. The monoisotopic (exact) mass is 369 g/mol. The van der Waals surface area contributed by atoms with Crippen LogP contribution in [0, 0.1) is 5.82 Å². The molecule has 0 saturated heterocycles. The number of hydrogen-bond acceptors (Lipinski definition) is 2. The van der Waals surface area contributed by atoms with E-state index in [4.69, 9.17) is 16.3 Å². The van der Waals surface area contributed by atoms with E-state index in [0.717, 1.165) is 0 Å². The number of benzene rings is 2. The maximum atomic E-state index is 13.5. The van der Waals surface area contributed by atoms with Crippen molar-refractivity contribution < 1.29 is 13.9 Å². The molecule has 0 fully saturated rings. The van der Waals surface area contributed by atoms with Gasteiger partial charge in [0.1, 0.15) is 11.6 Å². The number of carbonyl (C=O) groups is 1. The first kappa shape index (κ1) is 14.4. The number of nitrogens with zero attached hydrogens (tertiary/aromatic N) is 1. The quantitative estimate of drug-likeness (QED) is 0.794. The van der Waals surface area contributed by atoms with Crippen molar-refractivity contribution in [3.8, 4) is 5.75 Å². The van der Waals surface area contributed by atoms with Crippen LogP contribution in [0.25, 0.3) is 0 Å². The Kier molecular flexibility index (Phi) is 3.87. The van der Waals surface area contributed by atoms with Crippen molar-refractivity contribution in [1.82, 2.24) is 0 Å². The van der Waals surface area contributed by atoms with E-state index in [0.29, 0.717) is 26.5 Å². The van der Waals surface area contributed by atoms with E-state index in [1.165, 1.54) is 12.1 Å². The molecule has 1 aliphatic heterocycles. The Labute approximate surface area is 134 Å². The van der Waals surface area contributed by atoms with Gasteiger partial charge in [0, 0.05) is 9.50 Å². The zero-order valence-corrected chi connectivity index (χ0v) is 13.1. The maximum absolute atomic E-state index is 13.5. The maximum Gasteiger partial charge on any atom is 0.265 e. The fraction of sp³-hybridized carbons (Fsp3) is 0.133. The summed E-state index contributed by atoms with van der Waals surface area (Å²) in [6, 6.07) is 9.64. The Balaban J connectivity index is 1.98. The Bertz CT molecular complexity index is 703. The van der Waals surface area contributed by atoms with Gasteiger partial charge in [0.25, 0.3) is 5.91 Å². The summed E-state index contributed by atoms with van der Waals surface area (Å²) >= 11 is 9.23. The van der Waals surface area contributed by atoms with E-state index in [1.54, 1.807) is 29.2 Å². The van der Waals surface area contributed by atoms with E-state index in [-0.39, 0.29) is 24.9 Å². The minimum atomic E-state index is -0.355. The van der Waals surface area contributed by atoms with Gasteiger partial charge in [-0.05, 0) is 42.0 Å². The van der Waals surface area contributed by atoms with Crippen LogP contribution in [0.1, 0.15) is 5.56 Å². The molecule has 2 aromatic rings. The van der Waals surface area contributed by atoms with Crippen molar-refractivity contribution in [1.29, 1.82) is 0 Å². The molecule has 0 N–H and O–H groups in total. The Morgan fingerprint density at radius 1 is 1.29 bits per heavy atom. The zero-order valence-electron chi connectivity index (χ0n) is 10.8. The van der Waals surface area contributed by atoms with Gasteiger partial charge in [0.15, 0.2) is 6.61 Å². The third-order valence-corrected chi connectivity index (χ3v) is 3.82. The number of ether oxygens (including phenoxy) is 1. The smallest absolute Gasteiger partial charge is 0.265 e. The topological polar surface area (TPSA) is 29.5 Å². The van der Waals surface area contributed by atoms with E-state index in [9.17, 15) is 9.18 Å². The minimum Gasteiger partial charge on any atom is -0.482 e. The van der Waals surface area contributed by atoms with Gasteiger partial charge in [0.2, 0.25) is 0 Å². The van der Waals surface area contributed by atoms with Gasteiger partial charge in [0.05, 0.1) is 12.2 Å². The molecule has 21 heavy (non-hydrogen) atoms. The van der Waals surface area contributed by atoms with Crippen molar-refractivity contribution in [2.45, 2.75) is 6.54 Å². The molecule has 0 atom stereocenters. The summed E-state index contributed by atoms with van der Waals surface area (Å²) in [5.41, 5.74) is 1.28. The summed E-state index contributed by atoms with van der Waals surface area (Å²) in [5.74, 6) is 0.0472. The molecule has 1 heterocycles. The molecule has 108 valence electrons. The molecule has 0 aliphatic carbocycles. The molecule has 0 radical (unpaired) electrons. The number of anilines is 1. The van der Waals surface area contributed by atoms with Crippen LogP contribution in [-0.2, 0) is 11.3 Å². The van der Waals surface area contributed by atoms with Gasteiger partial charge >= 0.3 is 0 Å². The van der Waals surface area contributed by atoms with Crippen molar-refractivity contribution in [2.75, 3.05) is 11.5 Å². The van der Waals surface area contributed by atoms with E-state index < -0.39 is 0 Å². The predicted octanol–water partition coefficient (Wildman–Crippen LogP) is 4.17. The molecule has 3 rings (SSSR count). The van der Waals surface area contributed by atoms with Crippen LogP contribution < -0.4 is 9.64 Å². The van der Waals surface area contributed by atoms with E-state index in [2.05, 4.69) is 15.9 Å². The molecular weight excluding hydrogens is 361 g/mol. The summed E-state index contributed by atoms with van der Waals surface area (Å²) in [5, 5.41) is 0.512. The lowest BCUT2D eigenvalue weighted by atomic mass is 10.1. The Hall–Kier alpha value is -1.59.